The Kier molecular flexibility index (Phi) is 6.70. The summed E-state index contributed by atoms with van der Waals surface area (Å²) in [6.07, 6.45) is 1.52. The molecule has 0 saturated carbocycles. The summed E-state index contributed by atoms with van der Waals surface area (Å²) in [6, 6.07) is 16.0. The Morgan fingerprint density at radius 1 is 1.07 bits per heavy atom. The Bertz CT molecular complexity index is 847. The Balaban J connectivity index is 2.33. The molecule has 0 aliphatic carbocycles. The van der Waals surface area contributed by atoms with E-state index in [9.17, 15) is 9.90 Å². The molecule has 0 atom stereocenters. The van der Waals surface area contributed by atoms with Crippen LogP contribution < -0.4 is 10.1 Å². The van der Waals surface area contributed by atoms with Crippen LogP contribution in [0.15, 0.2) is 72.0 Å². The molecule has 0 radical (unpaired) electrons. The normalized spacial score (nSPS) is 13.0. The molecule has 2 N–H and O–H groups in total. The number of aliphatic hydroxyl groups excluding tert-OH is 1. The molecule has 0 heterocycles. The van der Waals surface area contributed by atoms with Gasteiger partial charge in [0.05, 0.1) is 5.57 Å². The minimum absolute atomic E-state index is 0.112. The van der Waals surface area contributed by atoms with Gasteiger partial charge in [-0.25, -0.2) is 4.79 Å². The zero-order valence-electron chi connectivity index (χ0n) is 15.9. The van der Waals surface area contributed by atoms with Gasteiger partial charge in [0, 0.05) is 22.3 Å². The molecule has 4 nitrogen and oxygen atoms in total. The predicted molar refractivity (Wildman–Crippen MR) is 110 cm³/mol. The van der Waals surface area contributed by atoms with E-state index >= 15 is 0 Å². The van der Waals surface area contributed by atoms with E-state index < -0.39 is 5.97 Å². The van der Waals surface area contributed by atoms with E-state index in [1.807, 2.05) is 39.0 Å². The van der Waals surface area contributed by atoms with E-state index in [-0.39, 0.29) is 16.9 Å². The lowest BCUT2D eigenvalue weighted by molar-refractivity contribution is -0.130. The van der Waals surface area contributed by atoms with Crippen LogP contribution in [0, 0.1) is 0 Å². The Hall–Kier alpha value is -2.72. The molecule has 27 heavy (non-hydrogen) atoms. The average molecular weight is 386 g/mol. The van der Waals surface area contributed by atoms with Gasteiger partial charge in [0.25, 0.3) is 0 Å². The quantitative estimate of drug-likeness (QED) is 0.234. The van der Waals surface area contributed by atoms with Gasteiger partial charge in [0.1, 0.15) is 11.5 Å². The Morgan fingerprint density at radius 2 is 1.67 bits per heavy atom. The number of aliphatic hydroxyl groups is 1. The Labute approximate surface area is 165 Å². The number of hydrogen-bond acceptors (Lipinski definition) is 4. The molecule has 0 fully saturated rings. The van der Waals surface area contributed by atoms with Crippen molar-refractivity contribution in [3.63, 3.8) is 0 Å². The first kappa shape index (κ1) is 20.6. The number of esters is 1. The van der Waals surface area contributed by atoms with Gasteiger partial charge in [-0.2, -0.15) is 0 Å². The largest absolute Gasteiger partial charge is 0.507 e. The van der Waals surface area contributed by atoms with Gasteiger partial charge >= 0.3 is 5.97 Å². The van der Waals surface area contributed by atoms with E-state index in [1.165, 1.54) is 13.0 Å². The molecule has 0 amide bonds. The summed E-state index contributed by atoms with van der Waals surface area (Å²) in [6.45, 7) is 7.55. The SMILES string of the molecule is C/C(C(=O)Oc1ccccc1)=C(O)\C=C(/NC(C)(C)C)c1ccc(Cl)cc1. The highest BCUT2D eigenvalue weighted by atomic mass is 35.5. The van der Waals surface area contributed by atoms with Gasteiger partial charge in [-0.1, -0.05) is 41.9 Å². The topological polar surface area (TPSA) is 58.6 Å². The van der Waals surface area contributed by atoms with E-state index in [4.69, 9.17) is 16.3 Å². The smallest absolute Gasteiger partial charge is 0.342 e. The summed E-state index contributed by atoms with van der Waals surface area (Å²) in [5, 5.41) is 14.4. The van der Waals surface area contributed by atoms with Crippen molar-refractivity contribution in [1.29, 1.82) is 0 Å². The van der Waals surface area contributed by atoms with Crippen molar-refractivity contribution < 1.29 is 14.6 Å². The molecule has 2 rings (SSSR count). The lowest BCUT2D eigenvalue weighted by Gasteiger charge is -2.25. The molecule has 142 valence electrons. The van der Waals surface area contributed by atoms with Crippen LogP contribution in [0.1, 0.15) is 33.3 Å². The zero-order valence-corrected chi connectivity index (χ0v) is 16.7. The van der Waals surface area contributed by atoms with Gasteiger partial charge in [-0.05, 0) is 57.5 Å². The minimum atomic E-state index is -0.610. The zero-order chi connectivity index (χ0) is 20.0. The highest BCUT2D eigenvalue weighted by Gasteiger charge is 2.16. The van der Waals surface area contributed by atoms with Crippen molar-refractivity contribution in [3.8, 4) is 5.75 Å². The molecule has 0 bridgehead atoms. The highest BCUT2D eigenvalue weighted by Crippen LogP contribution is 2.21. The predicted octanol–water partition coefficient (Wildman–Crippen LogP) is 5.51. The van der Waals surface area contributed by atoms with Crippen molar-refractivity contribution >= 4 is 23.3 Å². The van der Waals surface area contributed by atoms with Gasteiger partial charge in [0.2, 0.25) is 0 Å². The van der Waals surface area contributed by atoms with Crippen molar-refractivity contribution in [3.05, 3.63) is 82.6 Å². The number of halogens is 1. The van der Waals surface area contributed by atoms with Crippen molar-refractivity contribution in [1.82, 2.24) is 5.32 Å². The van der Waals surface area contributed by atoms with Crippen molar-refractivity contribution in [2.45, 2.75) is 33.2 Å². The third-order valence-corrected chi connectivity index (χ3v) is 3.84. The molecule has 0 aliphatic heterocycles. The van der Waals surface area contributed by atoms with Crippen LogP contribution in [0.25, 0.3) is 5.70 Å². The van der Waals surface area contributed by atoms with Gasteiger partial charge in [-0.3, -0.25) is 0 Å². The number of ether oxygens (including phenoxy) is 1. The number of para-hydroxylation sites is 1. The molecule has 2 aromatic rings. The molecular weight excluding hydrogens is 362 g/mol. The molecular formula is C22H24ClNO3. The monoisotopic (exact) mass is 385 g/mol. The second kappa shape index (κ2) is 8.78. The summed E-state index contributed by atoms with van der Waals surface area (Å²) in [4.78, 5) is 12.3. The summed E-state index contributed by atoms with van der Waals surface area (Å²) >= 11 is 5.96. The van der Waals surface area contributed by atoms with Gasteiger partial charge in [-0.15, -0.1) is 0 Å². The molecule has 0 aromatic heterocycles. The van der Waals surface area contributed by atoms with Crippen molar-refractivity contribution in [2.75, 3.05) is 0 Å². The average Bonchev–Trinajstić information content (AvgIpc) is 2.60. The van der Waals surface area contributed by atoms with Crippen molar-refractivity contribution in [2.24, 2.45) is 0 Å². The molecule has 0 spiro atoms. The minimum Gasteiger partial charge on any atom is -0.507 e. The molecule has 0 saturated heterocycles. The summed E-state index contributed by atoms with van der Waals surface area (Å²) in [5.41, 5.74) is 1.37. The van der Waals surface area contributed by atoms with Crippen LogP contribution in [-0.2, 0) is 4.79 Å². The third-order valence-electron chi connectivity index (χ3n) is 3.59. The number of benzene rings is 2. The standard InChI is InChI=1S/C22H24ClNO3/c1-15(21(26)27-18-8-6-5-7-9-18)20(25)14-19(24-22(2,3)4)16-10-12-17(23)13-11-16/h5-14,24-25H,1-4H3/b19-14-,20-15-. The van der Waals surface area contributed by atoms with Gasteiger partial charge < -0.3 is 15.2 Å². The number of nitrogens with one attached hydrogen (secondary N) is 1. The van der Waals surface area contributed by atoms with Crippen LogP contribution >= 0.6 is 11.6 Å². The first-order valence-corrected chi connectivity index (χ1v) is 8.96. The number of carbonyl (C=O) groups is 1. The Morgan fingerprint density at radius 3 is 2.22 bits per heavy atom. The molecule has 0 unspecified atom stereocenters. The fourth-order valence-corrected chi connectivity index (χ4v) is 2.37. The maximum atomic E-state index is 12.3. The lowest BCUT2D eigenvalue weighted by atomic mass is 10.0. The second-order valence-electron chi connectivity index (χ2n) is 7.15. The molecule has 2 aromatic carbocycles. The number of carbonyl (C=O) groups excluding carboxylic acids is 1. The summed E-state index contributed by atoms with van der Waals surface area (Å²) in [7, 11) is 0. The first-order chi connectivity index (χ1) is 12.7. The van der Waals surface area contributed by atoms with Crippen LogP contribution in [0.2, 0.25) is 5.02 Å². The molecule has 0 aliphatic rings. The molecule has 5 heteroatoms. The lowest BCUT2D eigenvalue weighted by Crippen LogP contribution is -2.34. The van der Waals surface area contributed by atoms with E-state index in [2.05, 4.69) is 5.32 Å². The number of rotatable bonds is 5. The van der Waals surface area contributed by atoms with Crippen LogP contribution in [0.4, 0.5) is 0 Å². The number of hydrogen-bond donors (Lipinski definition) is 2. The van der Waals surface area contributed by atoms with Crippen LogP contribution in [-0.4, -0.2) is 16.6 Å². The second-order valence-corrected chi connectivity index (χ2v) is 7.59. The third kappa shape index (κ3) is 6.50. The maximum Gasteiger partial charge on any atom is 0.342 e. The fraction of sp³-hybridized carbons (Fsp3) is 0.227. The van der Waals surface area contributed by atoms with E-state index in [1.54, 1.807) is 36.4 Å². The van der Waals surface area contributed by atoms with E-state index in [0.717, 1.165) is 5.56 Å². The van der Waals surface area contributed by atoms with E-state index in [0.29, 0.717) is 16.5 Å². The van der Waals surface area contributed by atoms with Crippen LogP contribution in [0.5, 0.6) is 5.75 Å². The maximum absolute atomic E-state index is 12.3. The van der Waals surface area contributed by atoms with Gasteiger partial charge in [0.15, 0.2) is 0 Å². The first-order valence-electron chi connectivity index (χ1n) is 8.58. The highest BCUT2D eigenvalue weighted by molar-refractivity contribution is 6.30. The number of allylic oxidation sites excluding steroid dienone is 1. The fourth-order valence-electron chi connectivity index (χ4n) is 2.25. The van der Waals surface area contributed by atoms with Crippen LogP contribution in [0.3, 0.4) is 0 Å². The summed E-state index contributed by atoms with van der Waals surface area (Å²) < 4.78 is 5.28. The summed E-state index contributed by atoms with van der Waals surface area (Å²) in [5.74, 6) is -0.358.